The van der Waals surface area contributed by atoms with E-state index in [0.29, 0.717) is 16.4 Å². The minimum atomic E-state index is -3.14. The topological polar surface area (TPSA) is 89.2 Å². The second kappa shape index (κ2) is 6.90. The van der Waals surface area contributed by atoms with Gasteiger partial charge in [-0.05, 0) is 47.9 Å². The zero-order valence-electron chi connectivity index (χ0n) is 15.2. The van der Waals surface area contributed by atoms with Crippen molar-refractivity contribution in [1.29, 1.82) is 0 Å². The molecule has 6 nitrogen and oxygen atoms in total. The van der Waals surface area contributed by atoms with Crippen LogP contribution >= 0.6 is 0 Å². The van der Waals surface area contributed by atoms with Crippen molar-refractivity contribution in [3.05, 3.63) is 59.3 Å². The fourth-order valence-corrected chi connectivity index (χ4v) is 4.10. The third kappa shape index (κ3) is 3.94. The molecule has 1 aliphatic heterocycles. The summed E-state index contributed by atoms with van der Waals surface area (Å²) in [5.41, 5.74) is 9.97. The number of nitrogens with two attached hydrogens (primary N) is 1. The average molecular weight is 382 g/mol. The van der Waals surface area contributed by atoms with Crippen molar-refractivity contribution in [2.45, 2.75) is 24.3 Å². The summed E-state index contributed by atoms with van der Waals surface area (Å²) in [6, 6.07) is 13.1. The maximum atomic E-state index is 11.6. The van der Waals surface area contributed by atoms with Gasteiger partial charge in [-0.25, -0.2) is 18.4 Å². The smallest absolute Gasteiger partial charge is 0.175 e. The summed E-state index contributed by atoms with van der Waals surface area (Å²) in [7, 11) is -3.14. The molecule has 0 radical (unpaired) electrons. The molecule has 2 aromatic heterocycles. The Hall–Kier alpha value is -2.51. The van der Waals surface area contributed by atoms with E-state index in [-0.39, 0.29) is 0 Å². The number of nitrogens with zero attached hydrogens (tertiary/aromatic N) is 3. The molecule has 140 valence electrons. The molecule has 0 aliphatic carbocycles. The predicted octanol–water partition coefficient (Wildman–Crippen LogP) is 2.22. The van der Waals surface area contributed by atoms with Gasteiger partial charge in [-0.2, -0.15) is 0 Å². The highest BCUT2D eigenvalue weighted by molar-refractivity contribution is 7.90. The van der Waals surface area contributed by atoms with Crippen molar-refractivity contribution in [2.24, 2.45) is 0 Å². The van der Waals surface area contributed by atoms with E-state index in [1.54, 1.807) is 18.2 Å². The molecule has 0 amide bonds. The molecular formula is C20H22N4O2S. The molecular weight excluding hydrogens is 360 g/mol. The number of hydrogen-bond acceptors (Lipinski definition) is 6. The number of fused-ring (bicyclic) bond motifs is 2. The number of sulfone groups is 1. The summed E-state index contributed by atoms with van der Waals surface area (Å²) in [6.45, 7) is 2.75. The Labute approximate surface area is 159 Å². The standard InChI is InChI=1S/C20H22N4O2S/c1-27(25,26)17-5-2-14(3-6-17)8-10-24-11-9-18-16(13-24)12-15-4-7-19(21)23-20(15)22-18/h2-7,12H,8-11,13H2,1H3,(H2,21,22,23). The summed E-state index contributed by atoms with van der Waals surface area (Å²) < 4.78 is 23.1. The van der Waals surface area contributed by atoms with Crippen molar-refractivity contribution in [1.82, 2.24) is 14.9 Å². The van der Waals surface area contributed by atoms with Gasteiger partial charge in [-0.3, -0.25) is 4.90 Å². The van der Waals surface area contributed by atoms with E-state index in [4.69, 9.17) is 5.73 Å². The SMILES string of the molecule is CS(=O)(=O)c1ccc(CCN2CCc3nc4nc(N)ccc4cc3C2)cc1. The molecule has 0 atom stereocenters. The Morgan fingerprint density at radius 1 is 1.11 bits per heavy atom. The van der Waals surface area contributed by atoms with Crippen molar-refractivity contribution in [3.63, 3.8) is 0 Å². The molecule has 3 aromatic rings. The molecule has 1 aromatic carbocycles. The van der Waals surface area contributed by atoms with E-state index in [0.717, 1.165) is 49.1 Å². The Morgan fingerprint density at radius 2 is 1.89 bits per heavy atom. The summed E-state index contributed by atoms with van der Waals surface area (Å²) in [6.07, 6.45) is 3.02. The van der Waals surface area contributed by atoms with Crippen LogP contribution in [0.25, 0.3) is 11.0 Å². The minimum absolute atomic E-state index is 0.366. The molecule has 4 rings (SSSR count). The third-order valence-corrected chi connectivity index (χ3v) is 6.12. The lowest BCUT2D eigenvalue weighted by Crippen LogP contribution is -2.32. The fourth-order valence-electron chi connectivity index (χ4n) is 3.47. The van der Waals surface area contributed by atoms with Crippen LogP contribution in [0, 0.1) is 0 Å². The van der Waals surface area contributed by atoms with Crippen LogP contribution in [0.1, 0.15) is 16.8 Å². The Morgan fingerprint density at radius 3 is 2.63 bits per heavy atom. The van der Waals surface area contributed by atoms with Gasteiger partial charge in [0.15, 0.2) is 15.5 Å². The molecule has 27 heavy (non-hydrogen) atoms. The number of nitrogen functional groups attached to an aromatic ring is 1. The van der Waals surface area contributed by atoms with Crippen LogP contribution < -0.4 is 5.73 Å². The molecule has 0 saturated carbocycles. The largest absolute Gasteiger partial charge is 0.384 e. The summed E-state index contributed by atoms with van der Waals surface area (Å²) in [5, 5.41) is 1.01. The zero-order chi connectivity index (χ0) is 19.0. The first-order chi connectivity index (χ1) is 12.9. The van der Waals surface area contributed by atoms with Crippen molar-refractivity contribution >= 4 is 26.7 Å². The number of pyridine rings is 2. The predicted molar refractivity (Wildman–Crippen MR) is 106 cm³/mol. The highest BCUT2D eigenvalue weighted by atomic mass is 32.2. The van der Waals surface area contributed by atoms with Gasteiger partial charge in [0, 0.05) is 43.4 Å². The van der Waals surface area contributed by atoms with Gasteiger partial charge in [0.1, 0.15) is 5.82 Å². The molecule has 7 heteroatoms. The molecule has 0 unspecified atom stereocenters. The van der Waals surface area contributed by atoms with Gasteiger partial charge in [-0.1, -0.05) is 12.1 Å². The fraction of sp³-hybridized carbons (Fsp3) is 0.300. The van der Waals surface area contributed by atoms with Gasteiger partial charge in [0.25, 0.3) is 0 Å². The van der Waals surface area contributed by atoms with Gasteiger partial charge in [-0.15, -0.1) is 0 Å². The monoisotopic (exact) mass is 382 g/mol. The highest BCUT2D eigenvalue weighted by Gasteiger charge is 2.18. The molecule has 3 heterocycles. The van der Waals surface area contributed by atoms with Gasteiger partial charge < -0.3 is 5.73 Å². The summed E-state index contributed by atoms with van der Waals surface area (Å²) in [4.78, 5) is 11.8. The van der Waals surface area contributed by atoms with E-state index in [9.17, 15) is 8.42 Å². The maximum Gasteiger partial charge on any atom is 0.175 e. The van der Waals surface area contributed by atoms with Crippen LogP contribution in [0.4, 0.5) is 5.82 Å². The van der Waals surface area contributed by atoms with Crippen molar-refractivity contribution < 1.29 is 8.42 Å². The van der Waals surface area contributed by atoms with Crippen LogP contribution in [0.5, 0.6) is 0 Å². The molecule has 0 fully saturated rings. The first-order valence-corrected chi connectivity index (χ1v) is 10.8. The summed E-state index contributed by atoms with van der Waals surface area (Å²) in [5.74, 6) is 0.495. The average Bonchev–Trinajstić information content (AvgIpc) is 2.64. The number of aromatic nitrogens is 2. The minimum Gasteiger partial charge on any atom is -0.384 e. The second-order valence-electron chi connectivity index (χ2n) is 7.07. The summed E-state index contributed by atoms with van der Waals surface area (Å²) >= 11 is 0. The molecule has 0 bridgehead atoms. The van der Waals surface area contributed by atoms with E-state index >= 15 is 0 Å². The van der Waals surface area contributed by atoms with E-state index in [2.05, 4.69) is 20.9 Å². The highest BCUT2D eigenvalue weighted by Crippen LogP contribution is 2.22. The zero-order valence-corrected chi connectivity index (χ0v) is 16.0. The first kappa shape index (κ1) is 17.9. The van der Waals surface area contributed by atoms with Crippen molar-refractivity contribution in [2.75, 3.05) is 25.1 Å². The van der Waals surface area contributed by atoms with Crippen LogP contribution in [0.2, 0.25) is 0 Å². The Kier molecular flexibility index (Phi) is 4.57. The second-order valence-corrected chi connectivity index (χ2v) is 9.09. The van der Waals surface area contributed by atoms with E-state index in [1.807, 2.05) is 18.2 Å². The quantitative estimate of drug-likeness (QED) is 0.744. The normalized spacial score (nSPS) is 15.0. The Bertz CT molecular complexity index is 1090. The lowest BCUT2D eigenvalue weighted by molar-refractivity contribution is 0.255. The van der Waals surface area contributed by atoms with E-state index in [1.165, 1.54) is 11.8 Å². The molecule has 0 saturated heterocycles. The van der Waals surface area contributed by atoms with Gasteiger partial charge in [0.2, 0.25) is 0 Å². The van der Waals surface area contributed by atoms with Gasteiger partial charge in [0.05, 0.1) is 4.90 Å². The van der Waals surface area contributed by atoms with Gasteiger partial charge >= 0.3 is 0 Å². The van der Waals surface area contributed by atoms with Crippen LogP contribution in [0.15, 0.2) is 47.4 Å². The molecule has 2 N–H and O–H groups in total. The number of anilines is 1. The van der Waals surface area contributed by atoms with Crippen LogP contribution in [0.3, 0.4) is 0 Å². The van der Waals surface area contributed by atoms with E-state index < -0.39 is 9.84 Å². The number of rotatable bonds is 4. The van der Waals surface area contributed by atoms with Crippen LogP contribution in [-0.2, 0) is 29.2 Å². The number of hydrogen-bond donors (Lipinski definition) is 1. The van der Waals surface area contributed by atoms with Crippen molar-refractivity contribution in [3.8, 4) is 0 Å². The maximum absolute atomic E-state index is 11.6. The first-order valence-electron chi connectivity index (χ1n) is 8.95. The lowest BCUT2D eigenvalue weighted by Gasteiger charge is -2.28. The Balaban J connectivity index is 1.44. The molecule has 0 spiro atoms. The van der Waals surface area contributed by atoms with Crippen LogP contribution in [-0.4, -0.2) is 42.6 Å². The number of benzene rings is 1. The molecule has 1 aliphatic rings. The third-order valence-electron chi connectivity index (χ3n) is 5.00. The lowest BCUT2D eigenvalue weighted by atomic mass is 10.0.